The van der Waals surface area contributed by atoms with Crippen molar-refractivity contribution < 1.29 is 9.59 Å². The summed E-state index contributed by atoms with van der Waals surface area (Å²) in [5.41, 5.74) is 1.08. The first-order chi connectivity index (χ1) is 11.6. The molecule has 3 fully saturated rings. The molecule has 1 heterocycles. The van der Waals surface area contributed by atoms with Crippen LogP contribution in [0.2, 0.25) is 5.02 Å². The third kappa shape index (κ3) is 3.30. The van der Waals surface area contributed by atoms with Crippen LogP contribution in [0.25, 0.3) is 0 Å². The molecule has 128 valence electrons. The zero-order valence-electron chi connectivity index (χ0n) is 13.7. The number of hydrogen-bond donors (Lipinski definition) is 1. The van der Waals surface area contributed by atoms with Crippen LogP contribution in [0.4, 0.5) is 0 Å². The number of nitrogens with one attached hydrogen (secondary N) is 1. The van der Waals surface area contributed by atoms with Crippen LogP contribution in [0.5, 0.6) is 0 Å². The summed E-state index contributed by atoms with van der Waals surface area (Å²) in [5, 5.41) is 3.82. The quantitative estimate of drug-likeness (QED) is 0.911. The van der Waals surface area contributed by atoms with Gasteiger partial charge in [-0.2, -0.15) is 0 Å². The molecule has 4 nitrogen and oxygen atoms in total. The van der Waals surface area contributed by atoms with Gasteiger partial charge in [0.2, 0.25) is 11.8 Å². The molecule has 3 atom stereocenters. The van der Waals surface area contributed by atoms with Crippen molar-refractivity contribution in [3.63, 3.8) is 0 Å². The van der Waals surface area contributed by atoms with Gasteiger partial charge in [-0.1, -0.05) is 29.8 Å². The number of carbonyl (C=O) groups excluding carboxylic acids is 2. The first-order valence-corrected chi connectivity index (χ1v) is 9.35. The van der Waals surface area contributed by atoms with E-state index in [0.717, 1.165) is 49.2 Å². The van der Waals surface area contributed by atoms with Crippen LogP contribution >= 0.6 is 11.6 Å². The van der Waals surface area contributed by atoms with Crippen molar-refractivity contribution in [3.8, 4) is 0 Å². The Labute approximate surface area is 147 Å². The number of piperidine rings is 1. The molecular weight excluding hydrogens is 324 g/mol. The third-order valence-corrected chi connectivity index (χ3v) is 5.78. The largest absolute Gasteiger partial charge is 0.353 e. The highest BCUT2D eigenvalue weighted by molar-refractivity contribution is 6.31. The summed E-state index contributed by atoms with van der Waals surface area (Å²) >= 11 is 6.26. The Balaban J connectivity index is 1.36. The fourth-order valence-electron chi connectivity index (χ4n) is 3.76. The maximum absolute atomic E-state index is 12.8. The maximum Gasteiger partial charge on any atom is 0.226 e. The van der Waals surface area contributed by atoms with Crippen molar-refractivity contribution in [2.45, 2.75) is 44.1 Å². The standard InChI is InChI=1S/C19H23ClN2O2/c20-17-6-2-1-5-14(17)15-10-16(15)19(24)22-9-3-4-12(11-22)18(23)21-13-7-8-13/h1-2,5-6,12-13,15-16H,3-4,7-11H2,(H,21,23)/t12-,15+,16-/m1/s1. The average molecular weight is 347 g/mol. The Morgan fingerprint density at radius 3 is 2.71 bits per heavy atom. The molecule has 1 aromatic carbocycles. The van der Waals surface area contributed by atoms with Gasteiger partial charge in [0.15, 0.2) is 0 Å². The molecule has 1 aliphatic heterocycles. The highest BCUT2D eigenvalue weighted by Gasteiger charge is 2.47. The van der Waals surface area contributed by atoms with Gasteiger partial charge in [-0.25, -0.2) is 0 Å². The number of halogens is 1. The molecule has 1 N–H and O–H groups in total. The lowest BCUT2D eigenvalue weighted by Crippen LogP contribution is -2.46. The third-order valence-electron chi connectivity index (χ3n) is 5.44. The van der Waals surface area contributed by atoms with Gasteiger partial charge in [-0.15, -0.1) is 0 Å². The van der Waals surface area contributed by atoms with Gasteiger partial charge >= 0.3 is 0 Å². The molecule has 0 radical (unpaired) electrons. The molecule has 24 heavy (non-hydrogen) atoms. The topological polar surface area (TPSA) is 49.4 Å². The van der Waals surface area contributed by atoms with E-state index in [1.54, 1.807) is 0 Å². The fourth-order valence-corrected chi connectivity index (χ4v) is 4.04. The zero-order valence-corrected chi connectivity index (χ0v) is 14.5. The normalized spacial score (nSPS) is 29.2. The molecule has 2 aliphatic carbocycles. The first kappa shape index (κ1) is 15.9. The molecule has 1 aromatic rings. The molecule has 5 heteroatoms. The zero-order chi connectivity index (χ0) is 16.7. The fraction of sp³-hybridized carbons (Fsp3) is 0.579. The molecule has 1 saturated heterocycles. The highest BCUT2D eigenvalue weighted by Crippen LogP contribution is 2.50. The van der Waals surface area contributed by atoms with E-state index in [1.807, 2.05) is 29.2 Å². The van der Waals surface area contributed by atoms with Crippen molar-refractivity contribution in [2.75, 3.05) is 13.1 Å². The van der Waals surface area contributed by atoms with Crippen molar-refractivity contribution in [1.29, 1.82) is 0 Å². The summed E-state index contributed by atoms with van der Waals surface area (Å²) in [6.07, 6.45) is 4.88. The van der Waals surface area contributed by atoms with Crippen molar-refractivity contribution in [2.24, 2.45) is 11.8 Å². The summed E-state index contributed by atoms with van der Waals surface area (Å²) in [6, 6.07) is 8.17. The van der Waals surface area contributed by atoms with Gasteiger partial charge in [0.25, 0.3) is 0 Å². The summed E-state index contributed by atoms with van der Waals surface area (Å²) < 4.78 is 0. The Hall–Kier alpha value is -1.55. The van der Waals surface area contributed by atoms with E-state index in [1.165, 1.54) is 0 Å². The molecule has 0 aromatic heterocycles. The predicted octanol–water partition coefficient (Wildman–Crippen LogP) is 2.96. The van der Waals surface area contributed by atoms with Gasteiger partial charge < -0.3 is 10.2 Å². The van der Waals surface area contributed by atoms with Gasteiger partial charge in [0.05, 0.1) is 5.92 Å². The molecule has 2 amide bonds. The average Bonchev–Trinajstić information content (AvgIpc) is 3.50. The van der Waals surface area contributed by atoms with Crippen molar-refractivity contribution in [1.82, 2.24) is 10.2 Å². The van der Waals surface area contributed by atoms with Crippen LogP contribution in [0.1, 0.15) is 43.6 Å². The van der Waals surface area contributed by atoms with Crippen LogP contribution in [0.3, 0.4) is 0 Å². The summed E-state index contributed by atoms with van der Waals surface area (Å²) in [6.45, 7) is 1.35. The number of amides is 2. The highest BCUT2D eigenvalue weighted by atomic mass is 35.5. The smallest absolute Gasteiger partial charge is 0.226 e. The van der Waals surface area contributed by atoms with E-state index in [2.05, 4.69) is 5.32 Å². The number of nitrogens with zero attached hydrogens (tertiary/aromatic N) is 1. The van der Waals surface area contributed by atoms with E-state index in [-0.39, 0.29) is 29.6 Å². The van der Waals surface area contributed by atoms with Crippen LogP contribution in [-0.2, 0) is 9.59 Å². The van der Waals surface area contributed by atoms with Gasteiger partial charge in [0, 0.05) is 30.1 Å². The Kier molecular flexibility index (Phi) is 4.25. The molecule has 3 aliphatic rings. The summed E-state index contributed by atoms with van der Waals surface area (Å²) in [7, 11) is 0. The number of benzene rings is 1. The van der Waals surface area contributed by atoms with E-state index < -0.39 is 0 Å². The lowest BCUT2D eigenvalue weighted by molar-refractivity contribution is -0.136. The number of hydrogen-bond acceptors (Lipinski definition) is 2. The van der Waals surface area contributed by atoms with Gasteiger partial charge in [-0.3, -0.25) is 9.59 Å². The molecular formula is C19H23ClN2O2. The van der Waals surface area contributed by atoms with E-state index in [9.17, 15) is 9.59 Å². The van der Waals surface area contributed by atoms with Gasteiger partial charge in [0.1, 0.15) is 0 Å². The lowest BCUT2D eigenvalue weighted by atomic mass is 9.96. The number of likely N-dealkylation sites (tertiary alicyclic amines) is 1. The van der Waals surface area contributed by atoms with Crippen molar-refractivity contribution >= 4 is 23.4 Å². The van der Waals surface area contributed by atoms with Crippen LogP contribution in [-0.4, -0.2) is 35.8 Å². The van der Waals surface area contributed by atoms with E-state index in [4.69, 9.17) is 11.6 Å². The number of carbonyl (C=O) groups is 2. The van der Waals surface area contributed by atoms with Gasteiger partial charge in [-0.05, 0) is 49.7 Å². The minimum atomic E-state index is -0.0409. The monoisotopic (exact) mass is 346 g/mol. The minimum Gasteiger partial charge on any atom is -0.353 e. The molecule has 2 saturated carbocycles. The second-order valence-electron chi connectivity index (χ2n) is 7.38. The second-order valence-corrected chi connectivity index (χ2v) is 7.78. The SMILES string of the molecule is O=C(NC1CC1)[C@@H]1CCCN(C(=O)[C@@H]2C[C@H]2c2ccccc2Cl)C1. The maximum atomic E-state index is 12.8. The van der Waals surface area contributed by atoms with Crippen LogP contribution < -0.4 is 5.32 Å². The first-order valence-electron chi connectivity index (χ1n) is 8.97. The van der Waals surface area contributed by atoms with Crippen LogP contribution in [0, 0.1) is 11.8 Å². The molecule has 0 unspecified atom stereocenters. The molecule has 4 rings (SSSR count). The Morgan fingerprint density at radius 1 is 1.17 bits per heavy atom. The summed E-state index contributed by atoms with van der Waals surface area (Å²) in [5.74, 6) is 0.570. The van der Waals surface area contributed by atoms with E-state index in [0.29, 0.717) is 12.6 Å². The minimum absolute atomic E-state index is 0.0372. The Morgan fingerprint density at radius 2 is 1.96 bits per heavy atom. The summed E-state index contributed by atoms with van der Waals surface area (Å²) in [4.78, 5) is 27.0. The molecule has 0 spiro atoms. The van der Waals surface area contributed by atoms with E-state index >= 15 is 0 Å². The lowest BCUT2D eigenvalue weighted by Gasteiger charge is -2.32. The Bertz CT molecular complexity index is 659. The predicted molar refractivity (Wildman–Crippen MR) is 92.8 cm³/mol. The van der Waals surface area contributed by atoms with Crippen molar-refractivity contribution in [3.05, 3.63) is 34.9 Å². The molecule has 0 bridgehead atoms. The second kappa shape index (κ2) is 6.40. The van der Waals surface area contributed by atoms with Crippen LogP contribution in [0.15, 0.2) is 24.3 Å². The number of rotatable bonds is 4.